The van der Waals surface area contributed by atoms with Gasteiger partial charge in [-0.1, -0.05) is 6.07 Å². The Kier molecular flexibility index (Phi) is 4.21. The molecular weight excluding hydrogens is 366 g/mol. The van der Waals surface area contributed by atoms with Crippen LogP contribution in [0.15, 0.2) is 39.1 Å². The number of aromatic amines is 1. The van der Waals surface area contributed by atoms with E-state index in [1.807, 2.05) is 0 Å². The summed E-state index contributed by atoms with van der Waals surface area (Å²) in [6, 6.07) is 5.15. The van der Waals surface area contributed by atoms with Crippen LogP contribution in [0.25, 0.3) is 0 Å². The molecule has 2 aliphatic heterocycles. The first-order valence-electron chi connectivity index (χ1n) is 8.76. The Balaban J connectivity index is 2.05. The van der Waals surface area contributed by atoms with Crippen molar-refractivity contribution in [2.75, 3.05) is 26.1 Å². The summed E-state index contributed by atoms with van der Waals surface area (Å²) in [7, 11) is 3.04. The molecule has 28 heavy (non-hydrogen) atoms. The van der Waals surface area contributed by atoms with Gasteiger partial charge in [-0.3, -0.25) is 14.3 Å². The number of aromatic nitrogens is 2. The van der Waals surface area contributed by atoms with Crippen molar-refractivity contribution in [1.29, 1.82) is 0 Å². The minimum atomic E-state index is -0.746. The first-order chi connectivity index (χ1) is 13.5. The highest BCUT2D eigenvalue weighted by Crippen LogP contribution is 2.45. The number of benzene rings is 1. The molecule has 1 unspecified atom stereocenters. The van der Waals surface area contributed by atoms with E-state index < -0.39 is 23.1 Å². The molecule has 0 saturated heterocycles. The largest absolute Gasteiger partial charge is 0.497 e. The molecule has 3 heterocycles. The predicted octanol–water partition coefficient (Wildman–Crippen LogP) is 0.942. The van der Waals surface area contributed by atoms with Gasteiger partial charge in [0.25, 0.3) is 5.56 Å². The second-order valence-electron chi connectivity index (χ2n) is 6.40. The Morgan fingerprint density at radius 3 is 2.68 bits per heavy atom. The number of fused-ring (bicyclic) bond motifs is 1. The third-order valence-corrected chi connectivity index (χ3v) is 5.04. The Morgan fingerprint density at radius 2 is 2.00 bits per heavy atom. The van der Waals surface area contributed by atoms with E-state index in [0.29, 0.717) is 40.7 Å². The minimum absolute atomic E-state index is 0.0489. The van der Waals surface area contributed by atoms with E-state index in [-0.39, 0.29) is 12.2 Å². The van der Waals surface area contributed by atoms with Crippen LogP contribution in [-0.2, 0) is 16.1 Å². The van der Waals surface area contributed by atoms with Crippen molar-refractivity contribution >= 4 is 11.8 Å². The standard InChI is InChI=1S/C19H19N3O6/c1-4-22-16-15(17(23)21-19(22)25)13(14-11(20-16)8-28-18(14)24)10-6-5-9(26-2)7-12(10)27-3/h5-7,13,20H,4,8H2,1-3H3,(H,21,23,25). The van der Waals surface area contributed by atoms with Crippen LogP contribution < -0.4 is 26.0 Å². The van der Waals surface area contributed by atoms with Crippen molar-refractivity contribution in [3.8, 4) is 11.5 Å². The van der Waals surface area contributed by atoms with Gasteiger partial charge in [0.1, 0.15) is 23.9 Å². The van der Waals surface area contributed by atoms with Gasteiger partial charge in [0.05, 0.1) is 37.0 Å². The lowest BCUT2D eigenvalue weighted by Crippen LogP contribution is -2.38. The van der Waals surface area contributed by atoms with Crippen molar-refractivity contribution in [3.63, 3.8) is 0 Å². The van der Waals surface area contributed by atoms with E-state index >= 15 is 0 Å². The van der Waals surface area contributed by atoms with Crippen LogP contribution >= 0.6 is 0 Å². The van der Waals surface area contributed by atoms with Crippen LogP contribution in [0.1, 0.15) is 24.0 Å². The van der Waals surface area contributed by atoms with E-state index in [9.17, 15) is 14.4 Å². The second kappa shape index (κ2) is 6.59. The maximum absolute atomic E-state index is 12.8. The van der Waals surface area contributed by atoms with Crippen LogP contribution in [0.4, 0.5) is 5.82 Å². The van der Waals surface area contributed by atoms with E-state index in [1.165, 1.54) is 18.8 Å². The molecule has 0 aliphatic carbocycles. The zero-order chi connectivity index (χ0) is 20.0. The van der Waals surface area contributed by atoms with Gasteiger partial charge < -0.3 is 19.5 Å². The van der Waals surface area contributed by atoms with Crippen LogP contribution in [0.3, 0.4) is 0 Å². The summed E-state index contributed by atoms with van der Waals surface area (Å²) in [5.74, 6) is 0.132. The van der Waals surface area contributed by atoms with Crippen molar-refractivity contribution < 1.29 is 19.0 Å². The molecule has 0 amide bonds. The molecule has 0 fully saturated rings. The summed E-state index contributed by atoms with van der Waals surface area (Å²) in [6.07, 6.45) is 0. The first kappa shape index (κ1) is 17.9. The fourth-order valence-electron chi connectivity index (χ4n) is 3.76. The van der Waals surface area contributed by atoms with Gasteiger partial charge in [-0.2, -0.15) is 0 Å². The molecule has 0 saturated carbocycles. The number of hydrogen-bond acceptors (Lipinski definition) is 7. The molecule has 1 atom stereocenters. The molecular formula is C19H19N3O6. The summed E-state index contributed by atoms with van der Waals surface area (Å²) in [5.41, 5.74) is 0.655. The van der Waals surface area contributed by atoms with E-state index in [4.69, 9.17) is 14.2 Å². The van der Waals surface area contributed by atoms with Gasteiger partial charge in [0, 0.05) is 18.2 Å². The fraction of sp³-hybridized carbons (Fsp3) is 0.316. The Labute approximate surface area is 159 Å². The third kappa shape index (κ3) is 2.50. The normalized spacial score (nSPS) is 17.5. The van der Waals surface area contributed by atoms with Gasteiger partial charge in [0.15, 0.2) is 0 Å². The van der Waals surface area contributed by atoms with E-state index in [0.717, 1.165) is 0 Å². The van der Waals surface area contributed by atoms with Crippen LogP contribution in [-0.4, -0.2) is 36.3 Å². The molecule has 1 aromatic carbocycles. The molecule has 1 aromatic heterocycles. The maximum atomic E-state index is 12.8. The smallest absolute Gasteiger partial charge is 0.337 e. The molecule has 9 nitrogen and oxygen atoms in total. The highest BCUT2D eigenvalue weighted by Gasteiger charge is 2.42. The van der Waals surface area contributed by atoms with Crippen LogP contribution in [0, 0.1) is 0 Å². The fourth-order valence-corrected chi connectivity index (χ4v) is 3.76. The second-order valence-corrected chi connectivity index (χ2v) is 6.40. The van der Waals surface area contributed by atoms with Gasteiger partial charge in [-0.25, -0.2) is 9.59 Å². The average Bonchev–Trinajstić information content (AvgIpc) is 3.07. The molecule has 0 spiro atoms. The number of rotatable bonds is 4. The van der Waals surface area contributed by atoms with E-state index in [1.54, 1.807) is 25.1 Å². The number of methoxy groups -OCH3 is 2. The molecule has 2 N–H and O–H groups in total. The molecule has 9 heteroatoms. The lowest BCUT2D eigenvalue weighted by molar-refractivity contribution is -0.136. The highest BCUT2D eigenvalue weighted by atomic mass is 16.5. The zero-order valence-corrected chi connectivity index (χ0v) is 15.6. The monoisotopic (exact) mass is 385 g/mol. The number of cyclic esters (lactones) is 1. The van der Waals surface area contributed by atoms with Crippen molar-refractivity contribution in [3.05, 3.63) is 61.4 Å². The lowest BCUT2D eigenvalue weighted by atomic mass is 9.82. The maximum Gasteiger partial charge on any atom is 0.337 e. The molecule has 146 valence electrons. The molecule has 4 rings (SSSR count). The number of esters is 1. The third-order valence-electron chi connectivity index (χ3n) is 5.04. The topological polar surface area (TPSA) is 112 Å². The van der Waals surface area contributed by atoms with Crippen molar-refractivity contribution in [2.24, 2.45) is 0 Å². The molecule has 2 aliphatic rings. The predicted molar refractivity (Wildman–Crippen MR) is 100.0 cm³/mol. The molecule has 2 aromatic rings. The van der Waals surface area contributed by atoms with Crippen LogP contribution in [0.2, 0.25) is 0 Å². The van der Waals surface area contributed by atoms with Crippen LogP contribution in [0.5, 0.6) is 11.5 Å². The van der Waals surface area contributed by atoms with Crippen molar-refractivity contribution in [1.82, 2.24) is 9.55 Å². The lowest BCUT2D eigenvalue weighted by Gasteiger charge is -2.28. The number of anilines is 1. The summed E-state index contributed by atoms with van der Waals surface area (Å²) >= 11 is 0. The summed E-state index contributed by atoms with van der Waals surface area (Å²) in [6.45, 7) is 2.19. The highest BCUT2D eigenvalue weighted by molar-refractivity contribution is 5.97. The Hall–Kier alpha value is -3.49. The quantitative estimate of drug-likeness (QED) is 0.754. The average molecular weight is 385 g/mol. The Morgan fingerprint density at radius 1 is 1.21 bits per heavy atom. The number of hydrogen-bond donors (Lipinski definition) is 2. The van der Waals surface area contributed by atoms with E-state index in [2.05, 4.69) is 10.3 Å². The number of H-pyrrole nitrogens is 1. The SMILES string of the molecule is CCn1c2c(c(=O)[nH]c1=O)C(c1ccc(OC)cc1OC)C1=C(COC1=O)N2. The molecule has 0 radical (unpaired) electrons. The molecule has 0 bridgehead atoms. The van der Waals surface area contributed by atoms with Gasteiger partial charge in [-0.05, 0) is 13.0 Å². The first-order valence-corrected chi connectivity index (χ1v) is 8.76. The minimum Gasteiger partial charge on any atom is -0.497 e. The number of ether oxygens (including phenoxy) is 3. The summed E-state index contributed by atoms with van der Waals surface area (Å²) in [4.78, 5) is 39.9. The number of nitrogens with one attached hydrogen (secondary N) is 2. The zero-order valence-electron chi connectivity index (χ0n) is 15.6. The summed E-state index contributed by atoms with van der Waals surface area (Å²) < 4.78 is 17.4. The van der Waals surface area contributed by atoms with Gasteiger partial charge in [-0.15, -0.1) is 0 Å². The van der Waals surface area contributed by atoms with Gasteiger partial charge in [0.2, 0.25) is 0 Å². The van der Waals surface area contributed by atoms with Crippen molar-refractivity contribution in [2.45, 2.75) is 19.4 Å². The number of nitrogens with zero attached hydrogens (tertiary/aromatic N) is 1. The Bertz CT molecular complexity index is 1130. The summed E-state index contributed by atoms with van der Waals surface area (Å²) in [5, 5.41) is 3.06. The number of carbonyl (C=O) groups is 1. The number of carbonyl (C=O) groups excluding carboxylic acids is 1. The van der Waals surface area contributed by atoms with Gasteiger partial charge >= 0.3 is 11.7 Å².